The van der Waals surface area contributed by atoms with Gasteiger partial charge in [0, 0.05) is 44.3 Å². The molecule has 1 aliphatic rings. The summed E-state index contributed by atoms with van der Waals surface area (Å²) in [6.45, 7) is 6.33. The zero-order valence-electron chi connectivity index (χ0n) is 11.2. The quantitative estimate of drug-likeness (QED) is 0.882. The van der Waals surface area contributed by atoms with Gasteiger partial charge >= 0.3 is 0 Å². The van der Waals surface area contributed by atoms with Gasteiger partial charge in [0.2, 0.25) is 0 Å². The fourth-order valence-corrected chi connectivity index (χ4v) is 2.35. The van der Waals surface area contributed by atoms with Gasteiger partial charge in [-0.3, -0.25) is 4.90 Å². The minimum Gasteiger partial charge on any atom is -0.326 e. The van der Waals surface area contributed by atoms with Gasteiger partial charge in [-0.15, -0.1) is 0 Å². The minimum atomic E-state index is -0.135. The maximum Gasteiger partial charge on any atom is 0.128 e. The molecule has 1 aliphatic heterocycles. The Balaban J connectivity index is 2.01. The molecule has 0 aliphatic carbocycles. The average molecular weight is 251 g/mol. The van der Waals surface area contributed by atoms with Gasteiger partial charge in [0.1, 0.15) is 5.82 Å². The van der Waals surface area contributed by atoms with E-state index in [0.29, 0.717) is 19.1 Å². The molecule has 0 bridgehead atoms. The Morgan fingerprint density at radius 1 is 1.39 bits per heavy atom. The van der Waals surface area contributed by atoms with Gasteiger partial charge < -0.3 is 10.6 Å². The number of benzene rings is 1. The van der Waals surface area contributed by atoms with Crippen LogP contribution in [0.3, 0.4) is 0 Å². The average Bonchev–Trinajstić information content (AvgIpc) is 2.36. The standard InChI is InChI=1S/C14H22FN3/c1-11-9-18(6-5-17(11)2)10-13-4-3-12(8-16)7-14(13)15/h3-4,7,11H,5-6,8-10,16H2,1-2H3. The van der Waals surface area contributed by atoms with Gasteiger partial charge in [0.05, 0.1) is 0 Å². The van der Waals surface area contributed by atoms with E-state index in [4.69, 9.17) is 5.73 Å². The smallest absolute Gasteiger partial charge is 0.128 e. The Morgan fingerprint density at radius 3 is 2.78 bits per heavy atom. The van der Waals surface area contributed by atoms with Crippen LogP contribution in [-0.2, 0) is 13.1 Å². The van der Waals surface area contributed by atoms with E-state index in [9.17, 15) is 4.39 Å². The summed E-state index contributed by atoms with van der Waals surface area (Å²) in [5.41, 5.74) is 7.12. The number of rotatable bonds is 3. The van der Waals surface area contributed by atoms with Crippen LogP contribution in [0.5, 0.6) is 0 Å². The molecule has 1 saturated heterocycles. The van der Waals surface area contributed by atoms with Crippen molar-refractivity contribution in [2.24, 2.45) is 5.73 Å². The molecule has 1 fully saturated rings. The zero-order chi connectivity index (χ0) is 13.1. The normalized spacial score (nSPS) is 22.3. The van der Waals surface area contributed by atoms with E-state index < -0.39 is 0 Å². The van der Waals surface area contributed by atoms with Crippen LogP contribution in [0.1, 0.15) is 18.1 Å². The molecule has 0 saturated carbocycles. The van der Waals surface area contributed by atoms with Gasteiger partial charge in [-0.25, -0.2) is 4.39 Å². The monoisotopic (exact) mass is 251 g/mol. The van der Waals surface area contributed by atoms with Crippen LogP contribution in [0.15, 0.2) is 18.2 Å². The summed E-state index contributed by atoms with van der Waals surface area (Å²) < 4.78 is 13.9. The van der Waals surface area contributed by atoms with Crippen LogP contribution < -0.4 is 5.73 Å². The lowest BCUT2D eigenvalue weighted by Crippen LogP contribution is -2.49. The van der Waals surface area contributed by atoms with Gasteiger partial charge in [0.25, 0.3) is 0 Å². The summed E-state index contributed by atoms with van der Waals surface area (Å²) in [5, 5.41) is 0. The van der Waals surface area contributed by atoms with Crippen molar-refractivity contribution < 1.29 is 4.39 Å². The first-order chi connectivity index (χ1) is 8.60. The Hall–Kier alpha value is -0.970. The van der Waals surface area contributed by atoms with Gasteiger partial charge in [-0.05, 0) is 25.6 Å². The lowest BCUT2D eigenvalue weighted by molar-refractivity contribution is 0.0991. The summed E-state index contributed by atoms with van der Waals surface area (Å²) in [6.07, 6.45) is 0. The molecular weight excluding hydrogens is 229 g/mol. The van der Waals surface area contributed by atoms with Gasteiger partial charge in [0.15, 0.2) is 0 Å². The molecule has 4 heteroatoms. The third-order valence-electron chi connectivity index (χ3n) is 3.79. The molecule has 18 heavy (non-hydrogen) atoms. The molecule has 2 N–H and O–H groups in total. The maximum atomic E-state index is 13.9. The van der Waals surface area contributed by atoms with Crippen LogP contribution >= 0.6 is 0 Å². The van der Waals surface area contributed by atoms with E-state index in [-0.39, 0.29) is 5.82 Å². The molecule has 1 aromatic rings. The number of hydrogen-bond donors (Lipinski definition) is 1. The molecule has 0 spiro atoms. The van der Waals surface area contributed by atoms with Crippen LogP contribution in [0, 0.1) is 5.82 Å². The van der Waals surface area contributed by atoms with E-state index in [1.54, 1.807) is 6.07 Å². The first-order valence-electron chi connectivity index (χ1n) is 6.50. The molecule has 1 heterocycles. The van der Waals surface area contributed by atoms with Crippen molar-refractivity contribution in [2.45, 2.75) is 26.1 Å². The zero-order valence-corrected chi connectivity index (χ0v) is 11.2. The molecule has 1 aromatic carbocycles. The van der Waals surface area contributed by atoms with E-state index in [0.717, 1.165) is 30.8 Å². The second-order valence-electron chi connectivity index (χ2n) is 5.19. The van der Waals surface area contributed by atoms with E-state index in [1.807, 2.05) is 12.1 Å². The highest BCUT2D eigenvalue weighted by atomic mass is 19.1. The minimum absolute atomic E-state index is 0.135. The first kappa shape index (κ1) is 13.5. The summed E-state index contributed by atoms with van der Waals surface area (Å²) in [5.74, 6) is -0.135. The number of nitrogens with zero attached hydrogens (tertiary/aromatic N) is 2. The Labute approximate surface area is 108 Å². The Bertz CT molecular complexity index is 408. The summed E-state index contributed by atoms with van der Waals surface area (Å²) in [4.78, 5) is 4.65. The summed E-state index contributed by atoms with van der Waals surface area (Å²) in [6, 6.07) is 5.86. The molecular formula is C14H22FN3. The van der Waals surface area contributed by atoms with E-state index >= 15 is 0 Å². The molecule has 100 valence electrons. The molecule has 1 atom stereocenters. The van der Waals surface area contributed by atoms with E-state index in [2.05, 4.69) is 23.8 Å². The second-order valence-corrected chi connectivity index (χ2v) is 5.19. The fourth-order valence-electron chi connectivity index (χ4n) is 2.35. The molecule has 0 aromatic heterocycles. The fraction of sp³-hybridized carbons (Fsp3) is 0.571. The van der Waals surface area contributed by atoms with Crippen molar-refractivity contribution in [3.05, 3.63) is 35.1 Å². The van der Waals surface area contributed by atoms with Crippen LogP contribution in [0.25, 0.3) is 0 Å². The largest absolute Gasteiger partial charge is 0.326 e. The molecule has 0 amide bonds. The number of nitrogens with two attached hydrogens (primary N) is 1. The molecule has 1 unspecified atom stereocenters. The second kappa shape index (κ2) is 5.78. The number of hydrogen-bond acceptors (Lipinski definition) is 3. The predicted octanol–water partition coefficient (Wildman–Crippen LogP) is 1.42. The van der Waals surface area contributed by atoms with Crippen molar-refractivity contribution in [3.8, 4) is 0 Å². The van der Waals surface area contributed by atoms with Crippen molar-refractivity contribution in [2.75, 3.05) is 26.7 Å². The highest BCUT2D eigenvalue weighted by molar-refractivity contribution is 5.24. The van der Waals surface area contributed by atoms with Crippen molar-refractivity contribution in [1.29, 1.82) is 0 Å². The lowest BCUT2D eigenvalue weighted by atomic mass is 10.1. The lowest BCUT2D eigenvalue weighted by Gasteiger charge is -2.37. The SMILES string of the molecule is CC1CN(Cc2ccc(CN)cc2F)CCN1C. The topological polar surface area (TPSA) is 32.5 Å². The predicted molar refractivity (Wildman–Crippen MR) is 71.7 cm³/mol. The van der Waals surface area contributed by atoms with Crippen LogP contribution in [0.4, 0.5) is 4.39 Å². The highest BCUT2D eigenvalue weighted by Crippen LogP contribution is 2.15. The number of piperazine rings is 1. The van der Waals surface area contributed by atoms with Gasteiger partial charge in [-0.1, -0.05) is 12.1 Å². The summed E-state index contributed by atoms with van der Waals surface area (Å²) >= 11 is 0. The van der Waals surface area contributed by atoms with Crippen molar-refractivity contribution in [3.63, 3.8) is 0 Å². The van der Waals surface area contributed by atoms with Crippen molar-refractivity contribution in [1.82, 2.24) is 9.80 Å². The first-order valence-corrected chi connectivity index (χ1v) is 6.50. The third-order valence-corrected chi connectivity index (χ3v) is 3.79. The molecule has 2 rings (SSSR count). The Kier molecular flexibility index (Phi) is 4.32. The Morgan fingerprint density at radius 2 is 2.17 bits per heavy atom. The molecule has 0 radical (unpaired) electrons. The van der Waals surface area contributed by atoms with E-state index in [1.165, 1.54) is 0 Å². The number of halogens is 1. The van der Waals surface area contributed by atoms with Crippen molar-refractivity contribution >= 4 is 0 Å². The third kappa shape index (κ3) is 3.07. The maximum absolute atomic E-state index is 13.9. The summed E-state index contributed by atoms with van der Waals surface area (Å²) in [7, 11) is 2.14. The van der Waals surface area contributed by atoms with Crippen LogP contribution in [-0.4, -0.2) is 42.5 Å². The number of likely N-dealkylation sites (N-methyl/N-ethyl adjacent to an activating group) is 1. The van der Waals surface area contributed by atoms with Crippen LogP contribution in [0.2, 0.25) is 0 Å². The van der Waals surface area contributed by atoms with Gasteiger partial charge in [-0.2, -0.15) is 0 Å². The molecule has 3 nitrogen and oxygen atoms in total. The highest BCUT2D eigenvalue weighted by Gasteiger charge is 2.21.